The number of phenolic OH excluding ortho intramolecular Hbond substituents is 1. The molecule has 1 aromatic carbocycles. The summed E-state index contributed by atoms with van der Waals surface area (Å²) in [5, 5.41) is 18.6. The van der Waals surface area contributed by atoms with Crippen molar-refractivity contribution in [2.75, 3.05) is 13.6 Å². The minimum atomic E-state index is -0.439. The lowest BCUT2D eigenvalue weighted by Gasteiger charge is -2.18. The molecule has 2 N–H and O–H groups in total. The summed E-state index contributed by atoms with van der Waals surface area (Å²) in [6.07, 6.45) is -0.439. The molecule has 1 atom stereocenters. The van der Waals surface area contributed by atoms with E-state index in [-0.39, 0.29) is 11.6 Å². The number of benzene rings is 1. The molecule has 1 rings (SSSR count). The summed E-state index contributed by atoms with van der Waals surface area (Å²) >= 11 is 0. The van der Waals surface area contributed by atoms with E-state index in [0.29, 0.717) is 18.7 Å². The Morgan fingerprint density at radius 3 is 2.73 bits per heavy atom. The number of halogens is 1. The quantitative estimate of drug-likeness (QED) is 0.793. The highest BCUT2D eigenvalue weighted by atomic mass is 19.1. The number of rotatable bonds is 4. The normalized spacial score (nSPS) is 13.1. The van der Waals surface area contributed by atoms with Crippen molar-refractivity contribution in [1.82, 2.24) is 4.90 Å². The molecule has 0 saturated heterocycles. The fourth-order valence-electron chi connectivity index (χ4n) is 1.49. The number of phenols is 1. The Kier molecular flexibility index (Phi) is 4.05. The van der Waals surface area contributed by atoms with Gasteiger partial charge in [-0.15, -0.1) is 0 Å². The Labute approximate surface area is 88.8 Å². The highest BCUT2D eigenvalue weighted by Gasteiger charge is 2.08. The van der Waals surface area contributed by atoms with E-state index in [2.05, 4.69) is 0 Å². The van der Waals surface area contributed by atoms with Gasteiger partial charge >= 0.3 is 0 Å². The van der Waals surface area contributed by atoms with Gasteiger partial charge in [0.15, 0.2) is 0 Å². The maximum absolute atomic E-state index is 12.9. The van der Waals surface area contributed by atoms with E-state index >= 15 is 0 Å². The van der Waals surface area contributed by atoms with Crippen LogP contribution < -0.4 is 0 Å². The van der Waals surface area contributed by atoms with Gasteiger partial charge in [0.1, 0.15) is 11.6 Å². The maximum atomic E-state index is 12.9. The first-order chi connectivity index (χ1) is 6.99. The fourth-order valence-corrected chi connectivity index (χ4v) is 1.49. The molecule has 4 heteroatoms. The Bertz CT molecular complexity index is 328. The first-order valence-electron chi connectivity index (χ1n) is 4.83. The van der Waals surface area contributed by atoms with Crippen LogP contribution in [0.25, 0.3) is 0 Å². The van der Waals surface area contributed by atoms with Crippen LogP contribution in [-0.2, 0) is 6.54 Å². The lowest BCUT2D eigenvalue weighted by Crippen LogP contribution is -2.26. The molecule has 3 nitrogen and oxygen atoms in total. The number of aliphatic hydroxyl groups excluding tert-OH is 1. The van der Waals surface area contributed by atoms with Crippen LogP contribution in [-0.4, -0.2) is 34.8 Å². The minimum Gasteiger partial charge on any atom is -0.508 e. The van der Waals surface area contributed by atoms with Gasteiger partial charge in [-0.2, -0.15) is 0 Å². The molecule has 0 aliphatic rings. The van der Waals surface area contributed by atoms with Crippen molar-refractivity contribution >= 4 is 0 Å². The van der Waals surface area contributed by atoms with E-state index in [0.717, 1.165) is 0 Å². The van der Waals surface area contributed by atoms with Crippen LogP contribution in [0.4, 0.5) is 4.39 Å². The molecule has 0 aromatic heterocycles. The number of aliphatic hydroxyl groups is 1. The molecule has 0 aliphatic heterocycles. The summed E-state index contributed by atoms with van der Waals surface area (Å²) in [5.41, 5.74) is 0.526. The average molecular weight is 213 g/mol. The predicted octanol–water partition coefficient (Wildman–Crippen LogP) is 1.34. The number of hydrogen-bond donors (Lipinski definition) is 2. The van der Waals surface area contributed by atoms with Crippen LogP contribution in [0.15, 0.2) is 18.2 Å². The van der Waals surface area contributed by atoms with E-state index in [9.17, 15) is 9.50 Å². The van der Waals surface area contributed by atoms with Gasteiger partial charge in [-0.1, -0.05) is 0 Å². The topological polar surface area (TPSA) is 43.7 Å². The zero-order valence-electron chi connectivity index (χ0n) is 8.94. The molecule has 0 spiro atoms. The zero-order chi connectivity index (χ0) is 11.4. The molecule has 0 amide bonds. The van der Waals surface area contributed by atoms with Crippen molar-refractivity contribution in [2.24, 2.45) is 0 Å². The van der Waals surface area contributed by atoms with Crippen LogP contribution in [0.1, 0.15) is 12.5 Å². The van der Waals surface area contributed by atoms with Crippen LogP contribution in [0.5, 0.6) is 5.75 Å². The van der Waals surface area contributed by atoms with E-state index in [4.69, 9.17) is 5.11 Å². The zero-order valence-corrected chi connectivity index (χ0v) is 8.94. The van der Waals surface area contributed by atoms with Gasteiger partial charge in [-0.3, -0.25) is 4.90 Å². The molecular weight excluding hydrogens is 197 g/mol. The summed E-state index contributed by atoms with van der Waals surface area (Å²) in [4.78, 5) is 1.82. The van der Waals surface area contributed by atoms with E-state index in [1.54, 1.807) is 14.0 Å². The molecule has 1 aromatic rings. The van der Waals surface area contributed by atoms with Crippen LogP contribution in [0.2, 0.25) is 0 Å². The van der Waals surface area contributed by atoms with Crippen molar-refractivity contribution < 1.29 is 14.6 Å². The standard InChI is InChI=1S/C11H16FNO2/c1-8(14)6-13(2)7-9-5-10(12)3-4-11(9)15/h3-5,8,14-15H,6-7H2,1-2H3. The van der Waals surface area contributed by atoms with Crippen molar-refractivity contribution in [3.63, 3.8) is 0 Å². The SMILES string of the molecule is CC(O)CN(C)Cc1cc(F)ccc1O. The van der Waals surface area contributed by atoms with Gasteiger partial charge in [0.25, 0.3) is 0 Å². The molecular formula is C11H16FNO2. The summed E-state index contributed by atoms with van der Waals surface area (Å²) in [6, 6.07) is 3.85. The summed E-state index contributed by atoms with van der Waals surface area (Å²) in [5.74, 6) is -0.290. The van der Waals surface area contributed by atoms with Crippen LogP contribution >= 0.6 is 0 Å². The second-order valence-electron chi connectivity index (χ2n) is 3.82. The second-order valence-corrected chi connectivity index (χ2v) is 3.82. The van der Waals surface area contributed by atoms with Crippen LogP contribution in [0.3, 0.4) is 0 Å². The maximum Gasteiger partial charge on any atom is 0.123 e. The largest absolute Gasteiger partial charge is 0.508 e. The van der Waals surface area contributed by atoms with Crippen molar-refractivity contribution in [3.05, 3.63) is 29.6 Å². The average Bonchev–Trinajstić information content (AvgIpc) is 2.10. The Balaban J connectivity index is 2.67. The van der Waals surface area contributed by atoms with Crippen molar-refractivity contribution in [2.45, 2.75) is 19.6 Å². The molecule has 0 heterocycles. The van der Waals surface area contributed by atoms with E-state index < -0.39 is 6.10 Å². The lowest BCUT2D eigenvalue weighted by atomic mass is 10.2. The third-order valence-electron chi connectivity index (χ3n) is 2.06. The highest BCUT2D eigenvalue weighted by molar-refractivity contribution is 5.32. The summed E-state index contributed by atoms with van der Waals surface area (Å²) in [7, 11) is 1.80. The molecule has 1 unspecified atom stereocenters. The van der Waals surface area contributed by atoms with Crippen molar-refractivity contribution in [3.8, 4) is 5.75 Å². The van der Waals surface area contributed by atoms with E-state index in [1.165, 1.54) is 18.2 Å². The van der Waals surface area contributed by atoms with Crippen LogP contribution in [0, 0.1) is 5.82 Å². The smallest absolute Gasteiger partial charge is 0.123 e. The summed E-state index contributed by atoms with van der Waals surface area (Å²) < 4.78 is 12.9. The number of hydrogen-bond acceptors (Lipinski definition) is 3. The minimum absolute atomic E-state index is 0.0776. The Morgan fingerprint density at radius 1 is 1.47 bits per heavy atom. The first-order valence-corrected chi connectivity index (χ1v) is 4.83. The number of nitrogens with zero attached hydrogens (tertiary/aromatic N) is 1. The van der Waals surface area contributed by atoms with Crippen molar-refractivity contribution in [1.29, 1.82) is 0 Å². The lowest BCUT2D eigenvalue weighted by molar-refractivity contribution is 0.138. The van der Waals surface area contributed by atoms with Gasteiger partial charge in [-0.25, -0.2) is 4.39 Å². The first kappa shape index (κ1) is 11.9. The highest BCUT2D eigenvalue weighted by Crippen LogP contribution is 2.19. The monoisotopic (exact) mass is 213 g/mol. The number of likely N-dealkylation sites (N-methyl/N-ethyl adjacent to an activating group) is 1. The van der Waals surface area contributed by atoms with Gasteiger partial charge in [0, 0.05) is 18.7 Å². The van der Waals surface area contributed by atoms with Gasteiger partial charge in [0.05, 0.1) is 6.10 Å². The fraction of sp³-hybridized carbons (Fsp3) is 0.455. The molecule has 0 fully saturated rings. The number of aromatic hydroxyl groups is 1. The van der Waals surface area contributed by atoms with Gasteiger partial charge < -0.3 is 10.2 Å². The molecule has 0 radical (unpaired) electrons. The molecule has 0 saturated carbocycles. The Morgan fingerprint density at radius 2 is 2.13 bits per heavy atom. The summed E-state index contributed by atoms with van der Waals surface area (Å²) in [6.45, 7) is 2.58. The van der Waals surface area contributed by atoms with E-state index in [1.807, 2.05) is 4.90 Å². The predicted molar refractivity (Wildman–Crippen MR) is 56.1 cm³/mol. The Hall–Kier alpha value is -1.13. The molecule has 0 bridgehead atoms. The van der Waals surface area contributed by atoms with Gasteiger partial charge in [-0.05, 0) is 32.2 Å². The molecule has 84 valence electrons. The second kappa shape index (κ2) is 5.09. The van der Waals surface area contributed by atoms with Gasteiger partial charge in [0.2, 0.25) is 0 Å². The molecule has 0 aliphatic carbocycles. The third kappa shape index (κ3) is 3.85. The third-order valence-corrected chi connectivity index (χ3v) is 2.06. The molecule has 15 heavy (non-hydrogen) atoms.